The predicted octanol–water partition coefficient (Wildman–Crippen LogP) is 3.30. The van der Waals surface area contributed by atoms with E-state index in [9.17, 15) is 19.7 Å². The van der Waals surface area contributed by atoms with E-state index < -0.39 is 23.4 Å². The van der Waals surface area contributed by atoms with Gasteiger partial charge < -0.3 is 10.1 Å². The Labute approximate surface area is 155 Å². The van der Waals surface area contributed by atoms with Crippen LogP contribution in [0, 0.1) is 10.1 Å². The Kier molecular flexibility index (Phi) is 6.85. The van der Waals surface area contributed by atoms with Crippen LogP contribution in [0.2, 0.25) is 0 Å². The van der Waals surface area contributed by atoms with Crippen molar-refractivity contribution in [3.63, 3.8) is 0 Å². The number of carbonyl (C=O) groups is 2. The minimum Gasteiger partial charge on any atom is -0.451 e. The summed E-state index contributed by atoms with van der Waals surface area (Å²) in [5, 5.41) is 13.1. The molecule has 1 heterocycles. The van der Waals surface area contributed by atoms with E-state index in [0.29, 0.717) is 30.2 Å². The summed E-state index contributed by atoms with van der Waals surface area (Å²) in [5.74, 6) is -0.686. The molecule has 2 aromatic rings. The third-order valence-electron chi connectivity index (χ3n) is 3.69. The number of nitro groups is 1. The molecule has 8 heteroatoms. The van der Waals surface area contributed by atoms with Gasteiger partial charge in [-0.25, -0.2) is 4.79 Å². The SMILES string of the molecule is CC(C)c1ccc(CCNC(=O)COC(=O)c2ccc([N+](=O)[O-])s2)cc1. The van der Waals surface area contributed by atoms with E-state index in [1.165, 1.54) is 17.7 Å². The van der Waals surface area contributed by atoms with E-state index in [1.807, 2.05) is 12.1 Å². The van der Waals surface area contributed by atoms with Crippen molar-refractivity contribution in [2.24, 2.45) is 0 Å². The van der Waals surface area contributed by atoms with Gasteiger partial charge in [-0.1, -0.05) is 49.4 Å². The molecule has 26 heavy (non-hydrogen) atoms. The normalized spacial score (nSPS) is 10.6. The standard InChI is InChI=1S/C18H20N2O5S/c1-12(2)14-5-3-13(4-6-14)9-10-19-16(21)11-25-18(22)15-7-8-17(26-15)20(23)24/h3-8,12H,9-11H2,1-2H3,(H,19,21). The van der Waals surface area contributed by atoms with Crippen LogP contribution in [0.5, 0.6) is 0 Å². The fourth-order valence-electron chi connectivity index (χ4n) is 2.20. The topological polar surface area (TPSA) is 98.5 Å². The Hall–Kier alpha value is -2.74. The molecular formula is C18H20N2O5S. The zero-order valence-corrected chi connectivity index (χ0v) is 15.4. The summed E-state index contributed by atoms with van der Waals surface area (Å²) in [6.07, 6.45) is 0.676. The second-order valence-electron chi connectivity index (χ2n) is 5.97. The molecule has 1 amide bonds. The monoisotopic (exact) mass is 376 g/mol. The van der Waals surface area contributed by atoms with Crippen molar-refractivity contribution in [1.29, 1.82) is 0 Å². The van der Waals surface area contributed by atoms with Crippen LogP contribution < -0.4 is 5.32 Å². The van der Waals surface area contributed by atoms with Gasteiger partial charge in [0.15, 0.2) is 6.61 Å². The van der Waals surface area contributed by atoms with Gasteiger partial charge in [0, 0.05) is 12.6 Å². The Morgan fingerprint density at radius 1 is 1.19 bits per heavy atom. The summed E-state index contributed by atoms with van der Waals surface area (Å²) in [4.78, 5) is 33.6. The minimum absolute atomic E-state index is 0.0924. The van der Waals surface area contributed by atoms with Gasteiger partial charge in [-0.15, -0.1) is 0 Å². The molecule has 0 saturated heterocycles. The molecule has 1 N–H and O–H groups in total. The van der Waals surface area contributed by atoms with Gasteiger partial charge in [-0.05, 0) is 29.5 Å². The van der Waals surface area contributed by atoms with Gasteiger partial charge >= 0.3 is 11.0 Å². The van der Waals surface area contributed by atoms with Gasteiger partial charge in [-0.2, -0.15) is 0 Å². The second-order valence-corrected chi connectivity index (χ2v) is 7.03. The fourth-order valence-corrected chi connectivity index (χ4v) is 2.92. The molecule has 138 valence electrons. The first-order valence-electron chi connectivity index (χ1n) is 8.13. The third-order valence-corrected chi connectivity index (χ3v) is 4.71. The maximum Gasteiger partial charge on any atom is 0.349 e. The first kappa shape index (κ1) is 19.6. The number of carbonyl (C=O) groups excluding carboxylic acids is 2. The van der Waals surface area contributed by atoms with E-state index in [2.05, 4.69) is 31.3 Å². The lowest BCUT2D eigenvalue weighted by Gasteiger charge is -2.08. The summed E-state index contributed by atoms with van der Waals surface area (Å²) in [7, 11) is 0. The molecule has 0 aliphatic heterocycles. The molecule has 0 unspecified atom stereocenters. The van der Waals surface area contributed by atoms with Crippen molar-refractivity contribution in [1.82, 2.24) is 5.32 Å². The molecule has 0 aliphatic carbocycles. The largest absolute Gasteiger partial charge is 0.451 e. The number of nitrogens with one attached hydrogen (secondary N) is 1. The van der Waals surface area contributed by atoms with Gasteiger partial charge in [0.1, 0.15) is 4.88 Å². The van der Waals surface area contributed by atoms with E-state index in [0.717, 1.165) is 5.56 Å². The van der Waals surface area contributed by atoms with Crippen molar-refractivity contribution in [3.05, 3.63) is 62.5 Å². The zero-order chi connectivity index (χ0) is 19.1. The third kappa shape index (κ3) is 5.66. The molecule has 0 fully saturated rings. The van der Waals surface area contributed by atoms with Crippen molar-refractivity contribution < 1.29 is 19.2 Å². The van der Waals surface area contributed by atoms with E-state index in [4.69, 9.17) is 4.74 Å². The van der Waals surface area contributed by atoms with Crippen LogP contribution in [0.15, 0.2) is 36.4 Å². The highest BCUT2D eigenvalue weighted by Crippen LogP contribution is 2.24. The number of amides is 1. The van der Waals surface area contributed by atoms with Gasteiger partial charge in [0.25, 0.3) is 5.91 Å². The zero-order valence-electron chi connectivity index (χ0n) is 14.6. The molecule has 0 atom stereocenters. The van der Waals surface area contributed by atoms with Crippen LogP contribution in [-0.4, -0.2) is 30.0 Å². The fraction of sp³-hybridized carbons (Fsp3) is 0.333. The number of rotatable bonds is 8. The van der Waals surface area contributed by atoms with Crippen molar-refractivity contribution in [3.8, 4) is 0 Å². The number of thiophene rings is 1. The van der Waals surface area contributed by atoms with E-state index >= 15 is 0 Å². The Balaban J connectivity index is 1.71. The van der Waals surface area contributed by atoms with Crippen LogP contribution in [0.4, 0.5) is 5.00 Å². The van der Waals surface area contributed by atoms with E-state index in [1.54, 1.807) is 0 Å². The number of benzene rings is 1. The van der Waals surface area contributed by atoms with Gasteiger partial charge in [-0.3, -0.25) is 14.9 Å². The highest BCUT2D eigenvalue weighted by Gasteiger charge is 2.17. The number of esters is 1. The molecule has 0 saturated carbocycles. The molecule has 0 bridgehead atoms. The van der Waals surface area contributed by atoms with Crippen LogP contribution in [0.25, 0.3) is 0 Å². The quantitative estimate of drug-likeness (QED) is 0.433. The van der Waals surface area contributed by atoms with Crippen molar-refractivity contribution >= 4 is 28.2 Å². The average Bonchev–Trinajstić information content (AvgIpc) is 3.10. The van der Waals surface area contributed by atoms with E-state index in [-0.39, 0.29) is 9.88 Å². The lowest BCUT2D eigenvalue weighted by atomic mass is 10.0. The predicted molar refractivity (Wildman–Crippen MR) is 98.5 cm³/mol. The van der Waals surface area contributed by atoms with Crippen LogP contribution in [0.3, 0.4) is 0 Å². The first-order chi connectivity index (χ1) is 12.4. The van der Waals surface area contributed by atoms with Crippen molar-refractivity contribution in [2.75, 3.05) is 13.2 Å². The van der Waals surface area contributed by atoms with Gasteiger partial charge in [0.05, 0.1) is 4.92 Å². The molecule has 7 nitrogen and oxygen atoms in total. The number of hydrogen-bond acceptors (Lipinski definition) is 6. The molecule has 0 spiro atoms. The smallest absolute Gasteiger partial charge is 0.349 e. The maximum absolute atomic E-state index is 11.8. The Morgan fingerprint density at radius 2 is 1.88 bits per heavy atom. The van der Waals surface area contributed by atoms with Gasteiger partial charge in [0.2, 0.25) is 0 Å². The lowest BCUT2D eigenvalue weighted by molar-refractivity contribution is -0.380. The molecule has 2 rings (SSSR count). The Morgan fingerprint density at radius 3 is 2.46 bits per heavy atom. The minimum atomic E-state index is -0.748. The van der Waals surface area contributed by atoms with Crippen LogP contribution in [-0.2, 0) is 16.0 Å². The number of nitrogens with zero attached hydrogens (tertiary/aromatic N) is 1. The molecule has 1 aromatic carbocycles. The summed E-state index contributed by atoms with van der Waals surface area (Å²) >= 11 is 0.714. The highest BCUT2D eigenvalue weighted by molar-refractivity contribution is 7.17. The molecule has 1 aromatic heterocycles. The second kappa shape index (κ2) is 9.10. The molecular weight excluding hydrogens is 356 g/mol. The lowest BCUT2D eigenvalue weighted by Crippen LogP contribution is -2.30. The summed E-state index contributed by atoms with van der Waals surface area (Å²) < 4.78 is 4.86. The summed E-state index contributed by atoms with van der Waals surface area (Å²) in [5.41, 5.74) is 2.37. The summed E-state index contributed by atoms with van der Waals surface area (Å²) in [6.45, 7) is 4.27. The molecule has 0 aliphatic rings. The molecule has 0 radical (unpaired) electrons. The first-order valence-corrected chi connectivity index (χ1v) is 8.95. The van der Waals surface area contributed by atoms with Crippen molar-refractivity contribution in [2.45, 2.75) is 26.2 Å². The Bertz CT molecular complexity index is 783. The number of ether oxygens (including phenoxy) is 1. The maximum atomic E-state index is 11.8. The van der Waals surface area contributed by atoms with Crippen LogP contribution in [0.1, 0.15) is 40.6 Å². The number of hydrogen-bond donors (Lipinski definition) is 1. The highest BCUT2D eigenvalue weighted by atomic mass is 32.1. The average molecular weight is 376 g/mol. The summed E-state index contributed by atoms with van der Waals surface area (Å²) in [6, 6.07) is 10.7. The van der Waals surface area contributed by atoms with Crippen LogP contribution >= 0.6 is 11.3 Å².